The summed E-state index contributed by atoms with van der Waals surface area (Å²) in [6, 6.07) is 8.87. The van der Waals surface area contributed by atoms with Crippen LogP contribution in [0, 0.1) is 11.3 Å². The zero-order chi connectivity index (χ0) is 13.2. The molecular formula is C16H23N3. The normalized spacial score (nSPS) is 27.2. The fourth-order valence-electron chi connectivity index (χ4n) is 3.84. The molecule has 1 aliphatic carbocycles. The lowest BCUT2D eigenvalue weighted by molar-refractivity contribution is 0.176. The smallest absolute Gasteiger partial charge is 0.123 e. The summed E-state index contributed by atoms with van der Waals surface area (Å²) >= 11 is 0. The third-order valence-corrected chi connectivity index (χ3v) is 4.81. The Morgan fingerprint density at radius 2 is 2.00 bits per heavy atom. The molecule has 3 N–H and O–H groups in total. The number of amidine groups is 1. The van der Waals surface area contributed by atoms with E-state index < -0.39 is 0 Å². The molecule has 1 aliphatic heterocycles. The van der Waals surface area contributed by atoms with Crippen LogP contribution in [0.4, 0.5) is 0 Å². The van der Waals surface area contributed by atoms with Crippen molar-refractivity contribution in [2.24, 2.45) is 11.7 Å². The molecule has 2 unspecified atom stereocenters. The largest absolute Gasteiger partial charge is 0.384 e. The summed E-state index contributed by atoms with van der Waals surface area (Å²) in [5.41, 5.74) is 7.80. The van der Waals surface area contributed by atoms with Crippen molar-refractivity contribution in [3.05, 3.63) is 35.4 Å². The van der Waals surface area contributed by atoms with Crippen molar-refractivity contribution in [2.45, 2.75) is 44.7 Å². The second kappa shape index (κ2) is 5.33. The summed E-state index contributed by atoms with van der Waals surface area (Å²) < 4.78 is 0. The van der Waals surface area contributed by atoms with E-state index in [2.05, 4.69) is 17.0 Å². The summed E-state index contributed by atoms with van der Waals surface area (Å²) in [5, 5.41) is 7.69. The van der Waals surface area contributed by atoms with Gasteiger partial charge >= 0.3 is 0 Å². The maximum atomic E-state index is 7.69. The molecule has 2 aliphatic rings. The van der Waals surface area contributed by atoms with Gasteiger partial charge in [-0.1, -0.05) is 37.1 Å². The molecule has 0 aromatic heterocycles. The lowest BCUT2D eigenvalue weighted by Gasteiger charge is -2.32. The van der Waals surface area contributed by atoms with Crippen LogP contribution >= 0.6 is 0 Å². The van der Waals surface area contributed by atoms with Gasteiger partial charge in [0.2, 0.25) is 0 Å². The molecule has 3 heteroatoms. The Balaban J connectivity index is 1.76. The minimum absolute atomic E-state index is 0.190. The number of hydrogen-bond acceptors (Lipinski definition) is 2. The Bertz CT molecular complexity index is 469. The summed E-state index contributed by atoms with van der Waals surface area (Å²) in [5.74, 6) is 1.10. The maximum Gasteiger partial charge on any atom is 0.123 e. The third-order valence-electron chi connectivity index (χ3n) is 4.81. The fraction of sp³-hybridized carbons (Fsp3) is 0.562. The molecule has 102 valence electrons. The van der Waals surface area contributed by atoms with E-state index in [4.69, 9.17) is 11.1 Å². The van der Waals surface area contributed by atoms with E-state index in [1.54, 1.807) is 0 Å². The molecule has 0 radical (unpaired) electrons. The van der Waals surface area contributed by atoms with Gasteiger partial charge in [0.15, 0.2) is 0 Å². The molecule has 2 fully saturated rings. The van der Waals surface area contributed by atoms with E-state index in [9.17, 15) is 0 Å². The number of benzene rings is 1. The quantitative estimate of drug-likeness (QED) is 0.646. The Morgan fingerprint density at radius 3 is 2.84 bits per heavy atom. The first kappa shape index (κ1) is 12.7. The molecule has 1 saturated carbocycles. The number of nitrogens with zero attached hydrogens (tertiary/aromatic N) is 1. The topological polar surface area (TPSA) is 53.1 Å². The Labute approximate surface area is 115 Å². The van der Waals surface area contributed by atoms with Crippen LogP contribution < -0.4 is 5.73 Å². The van der Waals surface area contributed by atoms with E-state index in [-0.39, 0.29) is 5.84 Å². The first-order valence-corrected chi connectivity index (χ1v) is 7.42. The van der Waals surface area contributed by atoms with E-state index in [1.807, 2.05) is 12.1 Å². The fourth-order valence-corrected chi connectivity index (χ4v) is 3.84. The van der Waals surface area contributed by atoms with Crippen LogP contribution in [-0.4, -0.2) is 23.3 Å². The van der Waals surface area contributed by atoms with Gasteiger partial charge in [-0.2, -0.15) is 0 Å². The molecule has 1 aromatic rings. The molecule has 0 amide bonds. The van der Waals surface area contributed by atoms with Crippen LogP contribution in [-0.2, 0) is 6.54 Å². The standard InChI is InChI=1S/C16H23N3/c17-16(18)14-7-3-1-6-13(14)11-19-10-9-12-5-2-4-8-15(12)19/h1,3,6-7,12,15H,2,4-5,8-11H2,(H3,17,18). The lowest BCUT2D eigenvalue weighted by atomic mass is 9.85. The molecule has 3 rings (SSSR count). The van der Waals surface area contributed by atoms with Crippen molar-refractivity contribution in [1.29, 1.82) is 5.41 Å². The Morgan fingerprint density at radius 1 is 1.21 bits per heavy atom. The van der Waals surface area contributed by atoms with E-state index in [1.165, 1.54) is 44.2 Å². The van der Waals surface area contributed by atoms with Gasteiger partial charge in [0.1, 0.15) is 5.84 Å². The minimum Gasteiger partial charge on any atom is -0.384 e. The molecule has 19 heavy (non-hydrogen) atoms. The zero-order valence-corrected chi connectivity index (χ0v) is 11.4. The monoisotopic (exact) mass is 257 g/mol. The van der Waals surface area contributed by atoms with Crippen molar-refractivity contribution in [3.8, 4) is 0 Å². The van der Waals surface area contributed by atoms with Crippen molar-refractivity contribution in [1.82, 2.24) is 4.90 Å². The number of likely N-dealkylation sites (tertiary alicyclic amines) is 1. The highest BCUT2D eigenvalue weighted by molar-refractivity contribution is 5.96. The first-order chi connectivity index (χ1) is 9.25. The van der Waals surface area contributed by atoms with Crippen LogP contribution in [0.15, 0.2) is 24.3 Å². The van der Waals surface area contributed by atoms with E-state index in [0.717, 1.165) is 24.1 Å². The van der Waals surface area contributed by atoms with Gasteiger partial charge in [0.05, 0.1) is 0 Å². The van der Waals surface area contributed by atoms with E-state index >= 15 is 0 Å². The average Bonchev–Trinajstić information content (AvgIpc) is 2.83. The van der Waals surface area contributed by atoms with Gasteiger partial charge in [-0.15, -0.1) is 0 Å². The number of rotatable bonds is 3. The van der Waals surface area contributed by atoms with Crippen LogP contribution in [0.2, 0.25) is 0 Å². The van der Waals surface area contributed by atoms with Gasteiger partial charge in [0.25, 0.3) is 0 Å². The van der Waals surface area contributed by atoms with Gasteiger partial charge in [-0.05, 0) is 37.3 Å². The van der Waals surface area contributed by atoms with Gasteiger partial charge < -0.3 is 5.73 Å². The highest BCUT2D eigenvalue weighted by atomic mass is 15.2. The predicted octanol–water partition coefficient (Wildman–Crippen LogP) is 2.74. The zero-order valence-electron chi connectivity index (χ0n) is 11.4. The molecule has 1 saturated heterocycles. The predicted molar refractivity (Wildman–Crippen MR) is 78.2 cm³/mol. The molecule has 0 bridgehead atoms. The molecule has 2 atom stereocenters. The molecule has 1 aromatic carbocycles. The number of nitrogens with two attached hydrogens (primary N) is 1. The summed E-state index contributed by atoms with van der Waals surface area (Å²) in [7, 11) is 0. The first-order valence-electron chi connectivity index (χ1n) is 7.42. The summed E-state index contributed by atoms with van der Waals surface area (Å²) in [4.78, 5) is 2.62. The average molecular weight is 257 g/mol. The van der Waals surface area contributed by atoms with Crippen LogP contribution in [0.3, 0.4) is 0 Å². The van der Waals surface area contributed by atoms with Crippen molar-refractivity contribution in [2.75, 3.05) is 6.54 Å². The number of hydrogen-bond donors (Lipinski definition) is 2. The molecule has 1 heterocycles. The second-order valence-corrected chi connectivity index (χ2v) is 5.94. The highest BCUT2D eigenvalue weighted by Crippen LogP contribution is 2.37. The molecule has 3 nitrogen and oxygen atoms in total. The van der Waals surface area contributed by atoms with Gasteiger partial charge in [-0.25, -0.2) is 0 Å². The summed E-state index contributed by atoms with van der Waals surface area (Å²) in [6.45, 7) is 2.17. The highest BCUT2D eigenvalue weighted by Gasteiger charge is 2.35. The number of nitrogen functional groups attached to an aromatic ring is 1. The third kappa shape index (κ3) is 2.52. The summed E-state index contributed by atoms with van der Waals surface area (Å²) in [6.07, 6.45) is 6.92. The Kier molecular flexibility index (Phi) is 3.56. The molecular weight excluding hydrogens is 234 g/mol. The lowest BCUT2D eigenvalue weighted by Crippen LogP contribution is -2.34. The number of nitrogens with one attached hydrogen (secondary N) is 1. The maximum absolute atomic E-state index is 7.69. The number of fused-ring (bicyclic) bond motifs is 1. The van der Waals surface area contributed by atoms with Crippen molar-refractivity contribution < 1.29 is 0 Å². The second-order valence-electron chi connectivity index (χ2n) is 5.94. The van der Waals surface area contributed by atoms with Crippen LogP contribution in [0.1, 0.15) is 43.2 Å². The SMILES string of the molecule is N=C(N)c1ccccc1CN1CCC2CCCCC21. The Hall–Kier alpha value is -1.35. The van der Waals surface area contributed by atoms with E-state index in [0.29, 0.717) is 0 Å². The van der Waals surface area contributed by atoms with Crippen molar-refractivity contribution >= 4 is 5.84 Å². The van der Waals surface area contributed by atoms with Gasteiger partial charge in [0, 0.05) is 18.2 Å². The molecule has 0 spiro atoms. The van der Waals surface area contributed by atoms with Crippen LogP contribution in [0.5, 0.6) is 0 Å². The van der Waals surface area contributed by atoms with Crippen molar-refractivity contribution in [3.63, 3.8) is 0 Å². The van der Waals surface area contributed by atoms with Crippen LogP contribution in [0.25, 0.3) is 0 Å². The van der Waals surface area contributed by atoms with Gasteiger partial charge in [-0.3, -0.25) is 10.3 Å². The minimum atomic E-state index is 0.190.